The summed E-state index contributed by atoms with van der Waals surface area (Å²) in [7, 11) is 3.72. The average Bonchev–Trinajstić information content (AvgIpc) is 2.95. The van der Waals surface area contributed by atoms with E-state index < -0.39 is 0 Å². The summed E-state index contributed by atoms with van der Waals surface area (Å²) in [5, 5.41) is 4.09. The highest BCUT2D eigenvalue weighted by Crippen LogP contribution is 2.37. The van der Waals surface area contributed by atoms with E-state index in [0.717, 1.165) is 45.7 Å². The van der Waals surface area contributed by atoms with Crippen LogP contribution in [0, 0.1) is 0 Å². The average molecular weight is 437 g/mol. The van der Waals surface area contributed by atoms with Gasteiger partial charge in [-0.15, -0.1) is 0 Å². The highest BCUT2D eigenvalue weighted by molar-refractivity contribution is 9.10. The molecule has 0 saturated carbocycles. The summed E-state index contributed by atoms with van der Waals surface area (Å²) in [6, 6.07) is 9.84. The van der Waals surface area contributed by atoms with Crippen LogP contribution in [0.1, 0.15) is 38.2 Å². The predicted octanol–water partition coefficient (Wildman–Crippen LogP) is 6.65. The molecule has 1 aromatic heterocycles. The molecule has 4 nitrogen and oxygen atoms in total. The van der Waals surface area contributed by atoms with Crippen molar-refractivity contribution in [2.45, 2.75) is 32.6 Å². The third-order valence-corrected chi connectivity index (χ3v) is 5.73. The third kappa shape index (κ3) is 3.42. The largest absolute Gasteiger partial charge is 0.494 e. The molecule has 1 heterocycles. The van der Waals surface area contributed by atoms with Crippen molar-refractivity contribution in [1.82, 2.24) is 9.55 Å². The first-order chi connectivity index (χ1) is 12.5. The van der Waals surface area contributed by atoms with Gasteiger partial charge in [-0.3, -0.25) is 0 Å². The summed E-state index contributed by atoms with van der Waals surface area (Å²) < 4.78 is 8.55. The van der Waals surface area contributed by atoms with Gasteiger partial charge in [0.1, 0.15) is 11.3 Å². The Hall–Kier alpha value is -1.72. The van der Waals surface area contributed by atoms with Gasteiger partial charge in [0.25, 0.3) is 0 Å². The van der Waals surface area contributed by atoms with Gasteiger partial charge in [0, 0.05) is 16.5 Å². The highest BCUT2D eigenvalue weighted by Gasteiger charge is 2.20. The number of imidazole rings is 1. The second-order valence-electron chi connectivity index (χ2n) is 6.31. The number of benzene rings is 2. The number of anilines is 2. The molecule has 0 aliphatic rings. The van der Waals surface area contributed by atoms with Crippen LogP contribution in [0.25, 0.3) is 11.0 Å². The van der Waals surface area contributed by atoms with E-state index in [1.54, 1.807) is 7.11 Å². The monoisotopic (exact) mass is 435 g/mol. The Morgan fingerprint density at radius 2 is 1.96 bits per heavy atom. The zero-order chi connectivity index (χ0) is 18.8. The molecule has 0 fully saturated rings. The van der Waals surface area contributed by atoms with Crippen molar-refractivity contribution in [1.29, 1.82) is 0 Å². The maximum Gasteiger partial charge on any atom is 0.208 e. The van der Waals surface area contributed by atoms with Crippen LogP contribution in [-0.4, -0.2) is 16.7 Å². The maximum absolute atomic E-state index is 6.05. The van der Waals surface area contributed by atoms with Crippen LogP contribution in [0.5, 0.6) is 5.75 Å². The summed E-state index contributed by atoms with van der Waals surface area (Å²) in [5.41, 5.74) is 4.22. The molecule has 6 heteroatoms. The first-order valence-electron chi connectivity index (χ1n) is 8.75. The number of nitrogens with zero attached hydrogens (tertiary/aromatic N) is 2. The minimum Gasteiger partial charge on any atom is -0.494 e. The molecular formula is C20H23BrClN3O. The Balaban J connectivity index is 2.15. The number of halogens is 2. The first kappa shape index (κ1) is 19.1. The first-order valence-corrected chi connectivity index (χ1v) is 9.92. The lowest BCUT2D eigenvalue weighted by atomic mass is 9.92. The van der Waals surface area contributed by atoms with Gasteiger partial charge in [0.2, 0.25) is 5.95 Å². The molecule has 0 spiro atoms. The van der Waals surface area contributed by atoms with E-state index >= 15 is 0 Å². The van der Waals surface area contributed by atoms with E-state index in [1.807, 2.05) is 31.3 Å². The lowest BCUT2D eigenvalue weighted by Gasteiger charge is -2.16. The lowest BCUT2D eigenvalue weighted by molar-refractivity contribution is 0.418. The van der Waals surface area contributed by atoms with Gasteiger partial charge in [-0.05, 0) is 64.5 Å². The molecule has 0 amide bonds. The summed E-state index contributed by atoms with van der Waals surface area (Å²) in [4.78, 5) is 4.83. The SMILES string of the molecule is CCC(CC)c1ccc(OC)c2nc(Nc3ccc(Cl)cc3Br)n(C)c12. The van der Waals surface area contributed by atoms with Crippen molar-refractivity contribution in [3.63, 3.8) is 0 Å². The van der Waals surface area contributed by atoms with Crippen LogP contribution in [0.4, 0.5) is 11.6 Å². The Bertz CT molecular complexity index is 934. The lowest BCUT2D eigenvalue weighted by Crippen LogP contribution is -2.03. The molecule has 26 heavy (non-hydrogen) atoms. The number of aromatic nitrogens is 2. The molecule has 1 N–H and O–H groups in total. The minimum atomic E-state index is 0.494. The number of hydrogen-bond donors (Lipinski definition) is 1. The molecule has 0 aliphatic heterocycles. The molecule has 0 bridgehead atoms. The van der Waals surface area contributed by atoms with Crippen molar-refractivity contribution in [2.24, 2.45) is 7.05 Å². The van der Waals surface area contributed by atoms with Gasteiger partial charge >= 0.3 is 0 Å². The second kappa shape index (κ2) is 7.89. The number of fused-ring (bicyclic) bond motifs is 1. The summed E-state index contributed by atoms with van der Waals surface area (Å²) in [6.45, 7) is 4.45. The topological polar surface area (TPSA) is 39.1 Å². The smallest absolute Gasteiger partial charge is 0.208 e. The van der Waals surface area contributed by atoms with Gasteiger partial charge in [0.05, 0.1) is 18.3 Å². The Labute approximate surface area is 167 Å². The number of rotatable bonds is 6. The highest BCUT2D eigenvalue weighted by atomic mass is 79.9. The Morgan fingerprint density at radius 3 is 2.58 bits per heavy atom. The molecule has 3 aromatic rings. The van der Waals surface area contributed by atoms with Gasteiger partial charge in [-0.2, -0.15) is 0 Å². The third-order valence-electron chi connectivity index (χ3n) is 4.84. The summed E-state index contributed by atoms with van der Waals surface area (Å²) in [5.74, 6) is 2.04. The molecule has 2 aromatic carbocycles. The molecule has 3 rings (SSSR count). The quantitative estimate of drug-likeness (QED) is 0.470. The Morgan fingerprint density at radius 1 is 1.23 bits per heavy atom. The zero-order valence-corrected chi connectivity index (χ0v) is 17.8. The van der Waals surface area contributed by atoms with Crippen molar-refractivity contribution < 1.29 is 4.74 Å². The van der Waals surface area contributed by atoms with Gasteiger partial charge in [-0.1, -0.05) is 31.5 Å². The van der Waals surface area contributed by atoms with Crippen molar-refractivity contribution >= 4 is 50.2 Å². The molecule has 0 unspecified atom stereocenters. The fraction of sp³-hybridized carbons (Fsp3) is 0.350. The van der Waals surface area contributed by atoms with E-state index in [0.29, 0.717) is 10.9 Å². The second-order valence-corrected chi connectivity index (χ2v) is 7.60. The normalized spacial score (nSPS) is 11.3. The van der Waals surface area contributed by atoms with Crippen LogP contribution >= 0.6 is 27.5 Å². The zero-order valence-electron chi connectivity index (χ0n) is 15.4. The van der Waals surface area contributed by atoms with E-state index in [4.69, 9.17) is 21.3 Å². The molecule has 0 atom stereocenters. The number of aryl methyl sites for hydroxylation is 1. The number of methoxy groups -OCH3 is 1. The molecular weight excluding hydrogens is 414 g/mol. The van der Waals surface area contributed by atoms with Crippen LogP contribution in [0.2, 0.25) is 5.02 Å². The standard InChI is InChI=1S/C20H23BrClN3O/c1-5-12(6-2)14-8-10-17(26-4)18-19(14)25(3)20(24-18)23-16-9-7-13(22)11-15(16)21/h7-12H,5-6H2,1-4H3,(H,23,24). The maximum atomic E-state index is 6.05. The van der Waals surface area contributed by atoms with Gasteiger partial charge in [0.15, 0.2) is 0 Å². The van der Waals surface area contributed by atoms with Gasteiger partial charge < -0.3 is 14.6 Å². The van der Waals surface area contributed by atoms with Crippen LogP contribution in [0.3, 0.4) is 0 Å². The fourth-order valence-electron chi connectivity index (χ4n) is 3.37. The van der Waals surface area contributed by atoms with Crippen LogP contribution in [0.15, 0.2) is 34.8 Å². The van der Waals surface area contributed by atoms with Gasteiger partial charge in [-0.25, -0.2) is 4.98 Å². The van der Waals surface area contributed by atoms with E-state index in [9.17, 15) is 0 Å². The fourth-order valence-corrected chi connectivity index (χ4v) is 4.15. The van der Waals surface area contributed by atoms with Crippen molar-refractivity contribution in [3.8, 4) is 5.75 Å². The van der Waals surface area contributed by atoms with Crippen LogP contribution < -0.4 is 10.1 Å². The molecule has 138 valence electrons. The predicted molar refractivity (Wildman–Crippen MR) is 113 cm³/mol. The van der Waals surface area contributed by atoms with Crippen molar-refractivity contribution in [2.75, 3.05) is 12.4 Å². The number of hydrogen-bond acceptors (Lipinski definition) is 3. The number of nitrogens with one attached hydrogen (secondary N) is 1. The molecule has 0 saturated heterocycles. The minimum absolute atomic E-state index is 0.494. The Kier molecular flexibility index (Phi) is 5.78. The van der Waals surface area contributed by atoms with E-state index in [1.165, 1.54) is 5.56 Å². The van der Waals surface area contributed by atoms with Crippen molar-refractivity contribution in [3.05, 3.63) is 45.4 Å². The van der Waals surface area contributed by atoms with E-state index in [2.05, 4.69) is 45.7 Å². The molecule has 0 aliphatic carbocycles. The molecule has 0 radical (unpaired) electrons. The number of ether oxygens (including phenoxy) is 1. The van der Waals surface area contributed by atoms with Crippen LogP contribution in [-0.2, 0) is 7.05 Å². The summed E-state index contributed by atoms with van der Waals surface area (Å²) in [6.07, 6.45) is 2.18. The summed E-state index contributed by atoms with van der Waals surface area (Å²) >= 11 is 9.60. The van der Waals surface area contributed by atoms with E-state index in [-0.39, 0.29) is 0 Å².